The molecular weight excluding hydrogens is 230 g/mol. The van der Waals surface area contributed by atoms with Gasteiger partial charge in [-0.1, -0.05) is 0 Å². The molecule has 0 aliphatic carbocycles. The Kier molecular flexibility index (Phi) is 6.22. The maximum atomic E-state index is 5.07. The normalized spacial score (nSPS) is 9.93. The van der Waals surface area contributed by atoms with Crippen molar-refractivity contribution in [2.75, 3.05) is 26.8 Å². The average Bonchev–Trinajstić information content (AvgIpc) is 2.71. The van der Waals surface area contributed by atoms with Gasteiger partial charge in [-0.3, -0.25) is 0 Å². The maximum absolute atomic E-state index is 5.07. The predicted octanol–water partition coefficient (Wildman–Crippen LogP) is 0.796. The van der Waals surface area contributed by atoms with Gasteiger partial charge in [0, 0.05) is 32.0 Å². The minimum atomic E-state index is 0.661. The van der Waals surface area contributed by atoms with E-state index in [1.807, 2.05) is 10.9 Å². The fourth-order valence-electron chi connectivity index (χ4n) is 0.994. The molecule has 0 atom stereocenters. The number of methoxy groups -OCH3 is 1. The Morgan fingerprint density at radius 3 is 3.00 bits per heavy atom. The van der Waals surface area contributed by atoms with Crippen molar-refractivity contribution in [1.82, 2.24) is 15.6 Å². The molecule has 0 aliphatic heterocycles. The number of thiocarbonyl (C=S) groups is 1. The molecule has 0 aliphatic rings. The summed E-state index contributed by atoms with van der Waals surface area (Å²) < 4.78 is 4.90. The van der Waals surface area contributed by atoms with E-state index >= 15 is 0 Å². The van der Waals surface area contributed by atoms with Gasteiger partial charge in [0.15, 0.2) is 5.11 Å². The van der Waals surface area contributed by atoms with E-state index in [0.29, 0.717) is 11.7 Å². The fraction of sp³-hybridized carbons (Fsp3) is 0.556. The van der Waals surface area contributed by atoms with E-state index in [0.717, 1.165) is 25.2 Å². The zero-order valence-electron chi connectivity index (χ0n) is 8.66. The number of hydrogen-bond acceptors (Lipinski definition) is 4. The smallest absolute Gasteiger partial charge is 0.166 e. The second-order valence-corrected chi connectivity index (χ2v) is 4.03. The van der Waals surface area contributed by atoms with Crippen molar-refractivity contribution < 1.29 is 4.74 Å². The molecule has 2 N–H and O–H groups in total. The summed E-state index contributed by atoms with van der Waals surface area (Å²) in [7, 11) is 1.67. The van der Waals surface area contributed by atoms with Crippen LogP contribution in [0.5, 0.6) is 0 Å². The lowest BCUT2D eigenvalue weighted by Gasteiger charge is -2.08. The number of hydrogen-bond donors (Lipinski definition) is 2. The first-order valence-electron chi connectivity index (χ1n) is 4.70. The van der Waals surface area contributed by atoms with Crippen molar-refractivity contribution in [1.29, 1.82) is 0 Å². The van der Waals surface area contributed by atoms with Gasteiger partial charge in [-0.25, -0.2) is 4.98 Å². The SMILES string of the molecule is COCCNC(=S)NCCc1cscn1. The molecule has 6 heteroatoms. The first-order valence-corrected chi connectivity index (χ1v) is 6.05. The molecule has 0 amide bonds. The van der Waals surface area contributed by atoms with Gasteiger partial charge in [0.1, 0.15) is 0 Å². The number of rotatable bonds is 6. The lowest BCUT2D eigenvalue weighted by atomic mass is 10.3. The highest BCUT2D eigenvalue weighted by Crippen LogP contribution is 2.00. The van der Waals surface area contributed by atoms with Crippen LogP contribution >= 0.6 is 23.6 Å². The van der Waals surface area contributed by atoms with Crippen molar-refractivity contribution in [2.24, 2.45) is 0 Å². The van der Waals surface area contributed by atoms with Gasteiger partial charge < -0.3 is 15.4 Å². The predicted molar refractivity (Wildman–Crippen MR) is 66.3 cm³/mol. The van der Waals surface area contributed by atoms with Gasteiger partial charge in [0.05, 0.1) is 17.8 Å². The van der Waals surface area contributed by atoms with Crippen LogP contribution in [0.15, 0.2) is 10.9 Å². The quantitative estimate of drug-likeness (QED) is 0.573. The average molecular weight is 245 g/mol. The van der Waals surface area contributed by atoms with Gasteiger partial charge in [-0.05, 0) is 12.2 Å². The van der Waals surface area contributed by atoms with Crippen LogP contribution in [-0.2, 0) is 11.2 Å². The number of aromatic nitrogens is 1. The molecule has 0 bridgehead atoms. The zero-order valence-corrected chi connectivity index (χ0v) is 10.3. The Balaban J connectivity index is 2.02. The molecule has 0 radical (unpaired) electrons. The van der Waals surface area contributed by atoms with Crippen molar-refractivity contribution in [3.8, 4) is 0 Å². The van der Waals surface area contributed by atoms with Gasteiger partial charge >= 0.3 is 0 Å². The van der Waals surface area contributed by atoms with Gasteiger partial charge in [-0.15, -0.1) is 11.3 Å². The Hall–Kier alpha value is -0.720. The molecule has 0 saturated heterocycles. The van der Waals surface area contributed by atoms with Crippen LogP contribution < -0.4 is 10.6 Å². The molecule has 1 rings (SSSR count). The van der Waals surface area contributed by atoms with E-state index in [4.69, 9.17) is 17.0 Å². The Morgan fingerprint density at radius 2 is 2.33 bits per heavy atom. The van der Waals surface area contributed by atoms with E-state index in [1.165, 1.54) is 0 Å². The van der Waals surface area contributed by atoms with Crippen LogP contribution in [0.2, 0.25) is 0 Å². The van der Waals surface area contributed by atoms with Crippen LogP contribution in [0.1, 0.15) is 5.69 Å². The minimum absolute atomic E-state index is 0.661. The molecule has 0 saturated carbocycles. The standard InChI is InChI=1S/C9H15N3OS2/c1-13-5-4-11-9(14)10-3-2-8-6-15-7-12-8/h6-7H,2-5H2,1H3,(H2,10,11,14). The van der Waals surface area contributed by atoms with Gasteiger partial charge in [0.25, 0.3) is 0 Å². The first kappa shape index (κ1) is 12.4. The molecule has 84 valence electrons. The van der Waals surface area contributed by atoms with Crippen molar-refractivity contribution >= 4 is 28.7 Å². The third kappa shape index (κ3) is 5.66. The largest absolute Gasteiger partial charge is 0.383 e. The number of thiazole rings is 1. The summed E-state index contributed by atoms with van der Waals surface area (Å²) in [5.74, 6) is 0. The summed E-state index contributed by atoms with van der Waals surface area (Å²) in [4.78, 5) is 4.18. The van der Waals surface area contributed by atoms with Crippen molar-refractivity contribution in [2.45, 2.75) is 6.42 Å². The second kappa shape index (κ2) is 7.56. The first-order chi connectivity index (χ1) is 7.33. The molecule has 0 aromatic carbocycles. The van der Waals surface area contributed by atoms with Crippen LogP contribution in [0.4, 0.5) is 0 Å². The highest BCUT2D eigenvalue weighted by molar-refractivity contribution is 7.80. The van der Waals surface area contributed by atoms with Crippen LogP contribution in [-0.4, -0.2) is 36.9 Å². The maximum Gasteiger partial charge on any atom is 0.166 e. The van der Waals surface area contributed by atoms with E-state index < -0.39 is 0 Å². The summed E-state index contributed by atoms with van der Waals surface area (Å²) >= 11 is 6.68. The summed E-state index contributed by atoms with van der Waals surface area (Å²) in [5, 5.41) is 8.86. The Bertz CT molecular complexity index is 277. The third-order valence-corrected chi connectivity index (χ3v) is 2.67. The zero-order chi connectivity index (χ0) is 10.9. The number of nitrogens with one attached hydrogen (secondary N) is 2. The van der Waals surface area contributed by atoms with E-state index in [-0.39, 0.29) is 0 Å². The minimum Gasteiger partial charge on any atom is -0.383 e. The Labute approximate surface area is 99.1 Å². The molecule has 4 nitrogen and oxygen atoms in total. The lowest BCUT2D eigenvalue weighted by Crippen LogP contribution is -2.37. The van der Waals surface area contributed by atoms with E-state index in [2.05, 4.69) is 15.6 Å². The van der Waals surface area contributed by atoms with Gasteiger partial charge in [0.2, 0.25) is 0 Å². The second-order valence-electron chi connectivity index (χ2n) is 2.91. The fourth-order valence-corrected chi connectivity index (χ4v) is 1.79. The molecule has 0 fully saturated rings. The molecule has 1 aromatic heterocycles. The molecule has 0 unspecified atom stereocenters. The number of ether oxygens (including phenoxy) is 1. The molecule has 1 heterocycles. The summed E-state index contributed by atoms with van der Waals surface area (Å²) in [6.07, 6.45) is 0.898. The van der Waals surface area contributed by atoms with E-state index in [9.17, 15) is 0 Å². The highest BCUT2D eigenvalue weighted by Gasteiger charge is 1.96. The third-order valence-electron chi connectivity index (χ3n) is 1.74. The van der Waals surface area contributed by atoms with E-state index in [1.54, 1.807) is 18.4 Å². The lowest BCUT2D eigenvalue weighted by molar-refractivity contribution is 0.204. The van der Waals surface area contributed by atoms with Crippen LogP contribution in [0, 0.1) is 0 Å². The molecule has 0 spiro atoms. The van der Waals surface area contributed by atoms with Crippen molar-refractivity contribution in [3.05, 3.63) is 16.6 Å². The topological polar surface area (TPSA) is 46.2 Å². The molecule has 15 heavy (non-hydrogen) atoms. The molecule has 1 aromatic rings. The summed E-state index contributed by atoms with van der Waals surface area (Å²) in [6.45, 7) is 2.20. The van der Waals surface area contributed by atoms with Crippen LogP contribution in [0.25, 0.3) is 0 Å². The highest BCUT2D eigenvalue weighted by atomic mass is 32.1. The van der Waals surface area contributed by atoms with Crippen LogP contribution in [0.3, 0.4) is 0 Å². The number of nitrogens with zero attached hydrogens (tertiary/aromatic N) is 1. The Morgan fingerprint density at radius 1 is 1.53 bits per heavy atom. The summed E-state index contributed by atoms with van der Waals surface area (Å²) in [6, 6.07) is 0. The van der Waals surface area contributed by atoms with Crippen molar-refractivity contribution in [3.63, 3.8) is 0 Å². The van der Waals surface area contributed by atoms with Gasteiger partial charge in [-0.2, -0.15) is 0 Å². The monoisotopic (exact) mass is 245 g/mol. The summed E-state index contributed by atoms with van der Waals surface area (Å²) in [5.41, 5.74) is 2.94. The molecular formula is C9H15N3OS2.